The maximum absolute atomic E-state index is 14.9. The van der Waals surface area contributed by atoms with Gasteiger partial charge in [0.2, 0.25) is 47.3 Å². The lowest BCUT2D eigenvalue weighted by Gasteiger charge is -2.29. The Hall–Kier alpha value is -8.84. The van der Waals surface area contributed by atoms with Crippen molar-refractivity contribution in [2.45, 2.75) is 127 Å². The lowest BCUT2D eigenvalue weighted by Crippen LogP contribution is -2.61. The number of hydrogen-bond acceptors (Lipinski definition) is 12. The van der Waals surface area contributed by atoms with Crippen LogP contribution in [0.2, 0.25) is 0 Å². The number of nitrogens with one attached hydrogen (secondary N) is 10. The maximum Gasteiger partial charge on any atom is 0.322 e. The van der Waals surface area contributed by atoms with Gasteiger partial charge in [0, 0.05) is 60.0 Å². The Balaban J connectivity index is 1.41. The minimum absolute atomic E-state index is 0.0444. The number of para-hydroxylation sites is 2. The average Bonchev–Trinajstić information content (AvgIpc) is 4.09. The van der Waals surface area contributed by atoms with Gasteiger partial charge in [-0.2, -0.15) is 0 Å². The number of nitrogens with zero attached hydrogens (tertiary/aromatic N) is 1. The van der Waals surface area contributed by atoms with E-state index in [1.807, 2.05) is 48.5 Å². The summed E-state index contributed by atoms with van der Waals surface area (Å²) in [6.45, 7) is 5.95. The van der Waals surface area contributed by atoms with Crippen LogP contribution in [0.15, 0.2) is 96.2 Å². The molecule has 0 radical (unpaired) electrons. The van der Waals surface area contributed by atoms with Crippen molar-refractivity contribution in [2.75, 3.05) is 19.6 Å². The van der Waals surface area contributed by atoms with E-state index < -0.39 is 114 Å². The second-order valence-corrected chi connectivity index (χ2v) is 20.2. The molecule has 0 unspecified atom stereocenters. The number of amides is 8. The summed E-state index contributed by atoms with van der Waals surface area (Å²) in [7, 11) is 0. The van der Waals surface area contributed by atoms with E-state index in [9.17, 15) is 43.2 Å². The number of H-pyrrole nitrogens is 2. The van der Waals surface area contributed by atoms with Gasteiger partial charge in [-0.15, -0.1) is 0 Å². The van der Waals surface area contributed by atoms with Crippen molar-refractivity contribution in [1.29, 1.82) is 0 Å². The molecule has 436 valence electrons. The molecule has 19 N–H and O–H groups in total. The van der Waals surface area contributed by atoms with Gasteiger partial charge in [-0.05, 0) is 87.2 Å². The third kappa shape index (κ3) is 19.5. The predicted molar refractivity (Wildman–Crippen MR) is 305 cm³/mol. The number of aromatic amines is 2. The first-order valence-electron chi connectivity index (χ1n) is 26.9. The monoisotopic (exact) mass is 1120 g/mol. The quantitative estimate of drug-likeness (QED) is 0.0146. The summed E-state index contributed by atoms with van der Waals surface area (Å²) in [5.41, 5.74) is 26.4. The molecule has 0 aliphatic rings. The zero-order valence-electron chi connectivity index (χ0n) is 46.0. The highest BCUT2D eigenvalue weighted by Gasteiger charge is 2.35. The number of unbranched alkanes of at least 4 members (excludes halogenated alkanes) is 1. The molecule has 2 heterocycles. The molecule has 8 amide bonds. The Labute approximate surface area is 469 Å². The minimum atomic E-state index is -1.39. The van der Waals surface area contributed by atoms with Gasteiger partial charge >= 0.3 is 5.97 Å². The van der Waals surface area contributed by atoms with Crippen molar-refractivity contribution in [3.8, 4) is 0 Å². The smallest absolute Gasteiger partial charge is 0.322 e. The van der Waals surface area contributed by atoms with Crippen LogP contribution in [0.1, 0.15) is 76.5 Å². The number of benzene rings is 3. The molecule has 0 spiro atoms. The van der Waals surface area contributed by atoms with E-state index >= 15 is 0 Å². The molecule has 5 aromatic rings. The van der Waals surface area contributed by atoms with E-state index in [2.05, 4.69) is 57.5 Å². The van der Waals surface area contributed by atoms with Gasteiger partial charge in [-0.25, -0.2) is 0 Å². The van der Waals surface area contributed by atoms with E-state index in [0.717, 1.165) is 21.8 Å². The van der Waals surface area contributed by atoms with E-state index in [4.69, 9.17) is 28.0 Å². The molecule has 2 aromatic heterocycles. The van der Waals surface area contributed by atoms with Crippen LogP contribution in [0, 0.1) is 5.92 Å². The zero-order valence-corrected chi connectivity index (χ0v) is 46.0. The van der Waals surface area contributed by atoms with Crippen molar-refractivity contribution < 1.29 is 48.3 Å². The van der Waals surface area contributed by atoms with Gasteiger partial charge in [-0.3, -0.25) is 48.1 Å². The van der Waals surface area contributed by atoms with Crippen LogP contribution in [0.25, 0.3) is 21.8 Å². The molecular weight excluding hydrogens is 1040 g/mol. The number of nitrogens with two attached hydrogens (primary N) is 4. The summed E-state index contributed by atoms with van der Waals surface area (Å²) in [6, 6.07) is 13.6. The van der Waals surface area contributed by atoms with Crippen molar-refractivity contribution >= 4 is 81.0 Å². The fourth-order valence-corrected chi connectivity index (χ4v) is 8.90. The number of aromatic nitrogens is 2. The Bertz CT molecular complexity index is 2990. The second-order valence-electron chi connectivity index (χ2n) is 20.2. The highest BCUT2D eigenvalue weighted by Crippen LogP contribution is 2.22. The Morgan fingerprint density at radius 3 is 1.57 bits per heavy atom. The Morgan fingerprint density at radius 1 is 0.531 bits per heavy atom. The summed E-state index contributed by atoms with van der Waals surface area (Å²) in [4.78, 5) is 133. The number of carbonyl (C=O) groups excluding carboxylic acids is 8. The van der Waals surface area contributed by atoms with Gasteiger partial charge in [0.05, 0.1) is 6.04 Å². The lowest BCUT2D eigenvalue weighted by atomic mass is 9.98. The molecule has 25 heteroatoms. The molecular formula is C56H77N15O10. The lowest BCUT2D eigenvalue weighted by molar-refractivity contribution is -0.138. The molecule has 81 heavy (non-hydrogen) atoms. The fourth-order valence-electron chi connectivity index (χ4n) is 8.90. The third-order valence-corrected chi connectivity index (χ3v) is 13.4. The highest BCUT2D eigenvalue weighted by atomic mass is 16.4. The van der Waals surface area contributed by atoms with E-state index in [1.54, 1.807) is 56.6 Å². The standard InChI is InChI=1S/C56H77N15O10/c1-31(2)47(71-51(77)42(22-12-13-23-57)67-53(79)43(25-34-15-6-5-7-16-34)68-50(76)39(58)19-14-24-61-56(59)60)55(81)70-45(27-36-29-63-41-21-11-9-18-38(36)41)54(80)69-44(26-35-28-62-40-20-10-8-17-37(35)40)52(78)66-33(4)49(75)65-32(3)48(74)64-30-46(72)73/h5-11,15-18,20-21,28-29,31-33,39,42-45,47,62-63H,12-14,19,22-27,30,57-58H2,1-4H3,(H,64,74)(H,65,75)(H,66,78)(H,67,79)(H,68,76)(H,69,80)(H,70,81)(H,71,77)(H,72,73)(H4,59,60,61)/t32-,33-,39-,42-,43-,44-,45-,47-/m0/s1. The van der Waals surface area contributed by atoms with Crippen LogP contribution >= 0.6 is 0 Å². The molecule has 0 saturated heterocycles. The van der Waals surface area contributed by atoms with Crippen molar-refractivity contribution in [3.63, 3.8) is 0 Å². The summed E-state index contributed by atoms with van der Waals surface area (Å²) in [5.74, 6) is -7.91. The van der Waals surface area contributed by atoms with E-state index in [1.165, 1.54) is 13.8 Å². The Morgan fingerprint density at radius 2 is 1.01 bits per heavy atom. The van der Waals surface area contributed by atoms with Crippen molar-refractivity contribution in [3.05, 3.63) is 108 Å². The van der Waals surface area contributed by atoms with Crippen LogP contribution in [0.4, 0.5) is 0 Å². The maximum atomic E-state index is 14.9. The first kappa shape index (κ1) is 63.0. The molecule has 0 fully saturated rings. The zero-order chi connectivity index (χ0) is 59.2. The normalized spacial score (nSPS) is 14.2. The third-order valence-electron chi connectivity index (χ3n) is 13.4. The molecule has 0 bridgehead atoms. The first-order valence-corrected chi connectivity index (χ1v) is 26.9. The molecule has 5 rings (SSSR count). The van der Waals surface area contributed by atoms with Gasteiger partial charge in [0.1, 0.15) is 48.8 Å². The van der Waals surface area contributed by atoms with Gasteiger partial charge in [0.15, 0.2) is 5.96 Å². The van der Waals surface area contributed by atoms with Crippen LogP contribution in [-0.2, 0) is 62.4 Å². The molecule has 0 saturated carbocycles. The highest BCUT2D eigenvalue weighted by molar-refractivity contribution is 5.99. The molecule has 0 aliphatic heterocycles. The topological polar surface area (TPSA) is 418 Å². The van der Waals surface area contributed by atoms with Crippen molar-refractivity contribution in [2.24, 2.45) is 33.8 Å². The minimum Gasteiger partial charge on any atom is -0.480 e. The number of hydrogen-bond donors (Lipinski definition) is 15. The van der Waals surface area contributed by atoms with Gasteiger partial charge < -0.3 is 80.5 Å². The van der Waals surface area contributed by atoms with E-state index in [0.29, 0.717) is 42.5 Å². The number of guanidine groups is 1. The number of carboxylic acids is 1. The number of aliphatic carboxylic acids is 1. The molecule has 25 nitrogen and oxygen atoms in total. The van der Waals surface area contributed by atoms with Crippen LogP contribution < -0.4 is 65.5 Å². The summed E-state index contributed by atoms with van der Waals surface area (Å²) in [6.07, 6.45) is 4.83. The summed E-state index contributed by atoms with van der Waals surface area (Å²) in [5, 5.41) is 31.7. The van der Waals surface area contributed by atoms with Crippen LogP contribution in [-0.4, -0.2) is 142 Å². The molecule has 8 atom stereocenters. The molecule has 0 aliphatic carbocycles. The first-order chi connectivity index (χ1) is 38.6. The SMILES string of the molecule is CC(C)[C@H](NC(=O)[C@H](CCCCN)NC(=O)[C@H](Cc1ccccc1)NC(=O)[C@@H](N)CCCN=C(N)N)C(=O)N[C@@H](Cc1c[nH]c2ccccc12)C(=O)N[C@@H](Cc1c[nH]c2ccccc12)C(=O)N[C@@H](C)C(=O)N[C@@H](C)C(=O)NCC(=O)O. The largest absolute Gasteiger partial charge is 0.480 e. The predicted octanol–water partition coefficient (Wildman–Crippen LogP) is -0.523. The summed E-state index contributed by atoms with van der Waals surface area (Å²) >= 11 is 0. The average molecular weight is 1120 g/mol. The van der Waals surface area contributed by atoms with Gasteiger partial charge in [-0.1, -0.05) is 80.6 Å². The van der Waals surface area contributed by atoms with Gasteiger partial charge in [0.25, 0.3) is 0 Å². The number of rotatable bonds is 32. The van der Waals surface area contributed by atoms with E-state index in [-0.39, 0.29) is 44.6 Å². The fraction of sp³-hybridized carbons (Fsp3) is 0.429. The van der Waals surface area contributed by atoms with Crippen LogP contribution in [0.3, 0.4) is 0 Å². The van der Waals surface area contributed by atoms with Crippen LogP contribution in [0.5, 0.6) is 0 Å². The number of fused-ring (bicyclic) bond motifs is 2. The number of aliphatic imine (C=N–C) groups is 1. The summed E-state index contributed by atoms with van der Waals surface area (Å²) < 4.78 is 0. The Kier molecular flexibility index (Phi) is 24.2. The second kappa shape index (κ2) is 31.1. The number of carboxylic acid groups (broad SMARTS) is 1. The number of carbonyl (C=O) groups is 9. The van der Waals surface area contributed by atoms with Crippen molar-refractivity contribution in [1.82, 2.24) is 52.5 Å². The molecule has 3 aromatic carbocycles.